The minimum absolute atomic E-state index is 0.271. The van der Waals surface area contributed by atoms with Crippen LogP contribution < -0.4 is 10.5 Å². The highest BCUT2D eigenvalue weighted by molar-refractivity contribution is 5.75. The molecule has 0 amide bonds. The summed E-state index contributed by atoms with van der Waals surface area (Å²) >= 11 is 0. The van der Waals surface area contributed by atoms with E-state index in [1.165, 1.54) is 0 Å². The van der Waals surface area contributed by atoms with Crippen molar-refractivity contribution in [3.63, 3.8) is 0 Å². The van der Waals surface area contributed by atoms with Gasteiger partial charge in [-0.1, -0.05) is 31.1 Å². The van der Waals surface area contributed by atoms with Crippen LogP contribution in [0.3, 0.4) is 0 Å². The van der Waals surface area contributed by atoms with Gasteiger partial charge in [0.25, 0.3) is 0 Å². The smallest absolute Gasteiger partial charge is 0.230 e. The van der Waals surface area contributed by atoms with E-state index in [1.54, 1.807) is 0 Å². The van der Waals surface area contributed by atoms with Crippen LogP contribution in [-0.2, 0) is 0 Å². The van der Waals surface area contributed by atoms with Gasteiger partial charge in [-0.3, -0.25) is 0 Å². The maximum absolute atomic E-state index is 5.85. The molecule has 0 radical (unpaired) electrons. The zero-order valence-electron chi connectivity index (χ0n) is 10.9. The van der Waals surface area contributed by atoms with Crippen molar-refractivity contribution in [1.82, 2.24) is 5.16 Å². The Kier molecular flexibility index (Phi) is 3.55. The predicted octanol–water partition coefficient (Wildman–Crippen LogP) is 3.45. The first-order valence-electron chi connectivity index (χ1n) is 6.11. The first-order chi connectivity index (χ1) is 8.63. The summed E-state index contributed by atoms with van der Waals surface area (Å²) in [4.78, 5) is 0. The normalized spacial score (nSPS) is 10.9. The average Bonchev–Trinajstić information content (AvgIpc) is 2.73. The lowest BCUT2D eigenvalue weighted by Crippen LogP contribution is -1.94. The van der Waals surface area contributed by atoms with Gasteiger partial charge in [-0.2, -0.15) is 0 Å². The van der Waals surface area contributed by atoms with Gasteiger partial charge in [-0.15, -0.1) is 0 Å². The number of hydrogen-bond acceptors (Lipinski definition) is 4. The van der Waals surface area contributed by atoms with E-state index < -0.39 is 0 Å². The number of nitrogen functional groups attached to an aromatic ring is 1. The number of aromatic nitrogens is 1. The van der Waals surface area contributed by atoms with Crippen molar-refractivity contribution in [2.45, 2.75) is 26.7 Å². The van der Waals surface area contributed by atoms with Crippen molar-refractivity contribution in [3.8, 4) is 16.9 Å². The highest BCUT2D eigenvalue weighted by Gasteiger charge is 2.18. The van der Waals surface area contributed by atoms with Crippen LogP contribution in [0.25, 0.3) is 11.1 Å². The second-order valence-electron chi connectivity index (χ2n) is 4.42. The van der Waals surface area contributed by atoms with E-state index in [2.05, 4.69) is 19.0 Å². The first kappa shape index (κ1) is 12.5. The van der Waals surface area contributed by atoms with Crippen molar-refractivity contribution in [2.75, 3.05) is 12.3 Å². The molecule has 18 heavy (non-hydrogen) atoms. The molecule has 1 aromatic heterocycles. The van der Waals surface area contributed by atoms with Crippen LogP contribution in [0, 0.1) is 0 Å². The van der Waals surface area contributed by atoms with Gasteiger partial charge in [0.05, 0.1) is 17.9 Å². The molecule has 0 saturated heterocycles. The van der Waals surface area contributed by atoms with Crippen LogP contribution in [-0.4, -0.2) is 11.8 Å². The van der Waals surface area contributed by atoms with Gasteiger partial charge in [0, 0.05) is 0 Å². The van der Waals surface area contributed by atoms with E-state index in [-0.39, 0.29) is 5.92 Å². The summed E-state index contributed by atoms with van der Waals surface area (Å²) in [6.45, 7) is 6.75. The molecule has 0 unspecified atom stereocenters. The van der Waals surface area contributed by atoms with Crippen molar-refractivity contribution >= 4 is 5.88 Å². The molecule has 0 fully saturated rings. The molecule has 96 valence electrons. The number of nitrogens with zero attached hydrogens (tertiary/aromatic N) is 1. The molecule has 0 aliphatic heterocycles. The zero-order chi connectivity index (χ0) is 13.1. The number of ether oxygens (including phenoxy) is 1. The Hall–Kier alpha value is -1.97. The van der Waals surface area contributed by atoms with E-state index in [0.717, 1.165) is 22.6 Å². The van der Waals surface area contributed by atoms with Crippen LogP contribution in [0.4, 0.5) is 5.88 Å². The Morgan fingerprint density at radius 1 is 1.28 bits per heavy atom. The third-order valence-corrected chi connectivity index (χ3v) is 2.75. The molecule has 2 N–H and O–H groups in total. The molecule has 4 nitrogen and oxygen atoms in total. The number of anilines is 1. The summed E-state index contributed by atoms with van der Waals surface area (Å²) in [5.41, 5.74) is 8.62. The van der Waals surface area contributed by atoms with Crippen molar-refractivity contribution in [3.05, 3.63) is 30.0 Å². The SMILES string of the molecule is CCOc1ccc(-c2c(C(C)C)noc2N)cc1. The molecule has 1 heterocycles. The quantitative estimate of drug-likeness (QED) is 0.897. The molecule has 0 aliphatic carbocycles. The van der Waals surface area contributed by atoms with Crippen LogP contribution in [0.2, 0.25) is 0 Å². The largest absolute Gasteiger partial charge is 0.494 e. The Balaban J connectivity index is 2.39. The van der Waals surface area contributed by atoms with Gasteiger partial charge in [-0.25, -0.2) is 0 Å². The fourth-order valence-corrected chi connectivity index (χ4v) is 1.88. The highest BCUT2D eigenvalue weighted by atomic mass is 16.5. The molecule has 4 heteroatoms. The number of benzene rings is 1. The predicted molar refractivity (Wildman–Crippen MR) is 71.6 cm³/mol. The Bertz CT molecular complexity index is 515. The topological polar surface area (TPSA) is 61.3 Å². The van der Waals surface area contributed by atoms with Crippen LogP contribution >= 0.6 is 0 Å². The maximum Gasteiger partial charge on any atom is 0.230 e. The summed E-state index contributed by atoms with van der Waals surface area (Å²) in [5.74, 6) is 1.48. The fourth-order valence-electron chi connectivity index (χ4n) is 1.88. The van der Waals surface area contributed by atoms with Crippen molar-refractivity contribution in [2.24, 2.45) is 0 Å². The number of nitrogens with two attached hydrogens (primary N) is 1. The van der Waals surface area contributed by atoms with E-state index in [1.807, 2.05) is 31.2 Å². The summed E-state index contributed by atoms with van der Waals surface area (Å²) < 4.78 is 10.5. The Labute approximate surface area is 107 Å². The van der Waals surface area contributed by atoms with E-state index in [0.29, 0.717) is 12.5 Å². The third-order valence-electron chi connectivity index (χ3n) is 2.75. The van der Waals surface area contributed by atoms with Gasteiger partial charge in [-0.05, 0) is 30.5 Å². The van der Waals surface area contributed by atoms with Gasteiger partial charge >= 0.3 is 0 Å². The van der Waals surface area contributed by atoms with Gasteiger partial charge in [0.1, 0.15) is 5.75 Å². The molecule has 0 aliphatic rings. The molecule has 0 saturated carbocycles. The molecular weight excluding hydrogens is 228 g/mol. The first-order valence-corrected chi connectivity index (χ1v) is 6.11. The summed E-state index contributed by atoms with van der Waals surface area (Å²) in [6.07, 6.45) is 0. The molecule has 1 aromatic carbocycles. The molecular formula is C14H18N2O2. The molecule has 0 atom stereocenters. The number of hydrogen-bond donors (Lipinski definition) is 1. The monoisotopic (exact) mass is 246 g/mol. The van der Waals surface area contributed by atoms with Gasteiger partial charge in [0.2, 0.25) is 5.88 Å². The molecule has 2 rings (SSSR count). The second-order valence-corrected chi connectivity index (χ2v) is 4.42. The summed E-state index contributed by atoms with van der Waals surface area (Å²) in [6, 6.07) is 7.80. The maximum atomic E-state index is 5.85. The second kappa shape index (κ2) is 5.12. The van der Waals surface area contributed by atoms with Crippen molar-refractivity contribution in [1.29, 1.82) is 0 Å². The summed E-state index contributed by atoms with van der Waals surface area (Å²) in [7, 11) is 0. The van der Waals surface area contributed by atoms with E-state index in [9.17, 15) is 0 Å². The van der Waals surface area contributed by atoms with E-state index >= 15 is 0 Å². The van der Waals surface area contributed by atoms with Gasteiger partial charge < -0.3 is 15.0 Å². The highest BCUT2D eigenvalue weighted by Crippen LogP contribution is 2.34. The Morgan fingerprint density at radius 3 is 2.50 bits per heavy atom. The van der Waals surface area contributed by atoms with Crippen LogP contribution in [0.1, 0.15) is 32.4 Å². The molecule has 0 spiro atoms. The third kappa shape index (κ3) is 2.32. The van der Waals surface area contributed by atoms with Crippen LogP contribution in [0.15, 0.2) is 28.8 Å². The summed E-state index contributed by atoms with van der Waals surface area (Å²) in [5, 5.41) is 4.02. The lowest BCUT2D eigenvalue weighted by atomic mass is 9.99. The minimum Gasteiger partial charge on any atom is -0.494 e. The lowest BCUT2D eigenvalue weighted by molar-refractivity contribution is 0.340. The Morgan fingerprint density at radius 2 is 1.94 bits per heavy atom. The standard InChI is InChI=1S/C14H18N2O2/c1-4-17-11-7-5-10(6-8-11)12-13(9(2)3)16-18-14(12)15/h5-9H,4,15H2,1-3H3. The fraction of sp³-hybridized carbons (Fsp3) is 0.357. The number of rotatable bonds is 4. The average molecular weight is 246 g/mol. The molecule has 0 bridgehead atoms. The van der Waals surface area contributed by atoms with Gasteiger partial charge in [0.15, 0.2) is 0 Å². The molecule has 2 aromatic rings. The minimum atomic E-state index is 0.271. The van der Waals surface area contributed by atoms with Crippen molar-refractivity contribution < 1.29 is 9.26 Å². The van der Waals surface area contributed by atoms with Crippen LogP contribution in [0.5, 0.6) is 5.75 Å². The van der Waals surface area contributed by atoms with E-state index in [4.69, 9.17) is 15.0 Å². The zero-order valence-corrected chi connectivity index (χ0v) is 10.9. The lowest BCUT2D eigenvalue weighted by Gasteiger charge is -2.07.